The number of rotatable bonds is 8. The first kappa shape index (κ1) is 33.2. The van der Waals surface area contributed by atoms with E-state index >= 15 is 0 Å². The molecule has 0 bridgehead atoms. The first-order valence-electron chi connectivity index (χ1n) is 12.3. The van der Waals surface area contributed by atoms with E-state index in [2.05, 4.69) is 37.2 Å². The van der Waals surface area contributed by atoms with Crippen molar-refractivity contribution < 1.29 is 37.5 Å². The molecule has 1 aliphatic rings. The van der Waals surface area contributed by atoms with E-state index in [1.54, 1.807) is 30.3 Å². The Kier molecular flexibility index (Phi) is 12.3. The number of amides is 3. The van der Waals surface area contributed by atoms with Gasteiger partial charge < -0.3 is 32.1 Å². The van der Waals surface area contributed by atoms with E-state index in [0.717, 1.165) is 36.0 Å². The topological polar surface area (TPSA) is 186 Å². The Morgan fingerprint density at radius 3 is 2.17 bits per heavy atom. The van der Waals surface area contributed by atoms with Crippen LogP contribution in [-0.4, -0.2) is 53.9 Å². The van der Waals surface area contributed by atoms with Gasteiger partial charge in [-0.3, -0.25) is 19.8 Å². The number of benzene rings is 2. The predicted molar refractivity (Wildman–Crippen MR) is 149 cm³/mol. The second-order valence-corrected chi connectivity index (χ2v) is 9.92. The average Bonchev–Trinajstić information content (AvgIpc) is 2.90. The summed E-state index contributed by atoms with van der Waals surface area (Å²) < 4.78 is 32.5. The third-order valence-corrected chi connectivity index (χ3v) is 6.54. The van der Waals surface area contributed by atoms with Crippen LogP contribution in [0.4, 0.5) is 24.5 Å². The summed E-state index contributed by atoms with van der Waals surface area (Å²) in [5.41, 5.74) is 7.99. The van der Waals surface area contributed by atoms with Crippen molar-refractivity contribution >= 4 is 56.8 Å². The van der Waals surface area contributed by atoms with E-state index in [1.807, 2.05) is 19.1 Å². The predicted octanol–water partition coefficient (Wildman–Crippen LogP) is 3.51. The number of halogens is 4. The average molecular weight is 643 g/mol. The van der Waals surface area contributed by atoms with Crippen LogP contribution in [-0.2, 0) is 19.2 Å². The molecule has 3 amide bonds. The lowest BCUT2D eigenvalue weighted by Crippen LogP contribution is -2.34. The summed E-state index contributed by atoms with van der Waals surface area (Å²) in [6.45, 7) is 3.52. The highest BCUT2D eigenvalue weighted by atomic mass is 79.9. The van der Waals surface area contributed by atoms with E-state index in [4.69, 9.17) is 21.0 Å². The van der Waals surface area contributed by atoms with Crippen molar-refractivity contribution in [3.63, 3.8) is 0 Å². The third kappa shape index (κ3) is 11.2. The smallest absolute Gasteiger partial charge is 0.475 e. The highest BCUT2D eigenvalue weighted by Crippen LogP contribution is 2.27. The van der Waals surface area contributed by atoms with Crippen LogP contribution in [0.15, 0.2) is 46.9 Å². The number of carbonyl (C=O) groups is 4. The first-order chi connectivity index (χ1) is 19.2. The summed E-state index contributed by atoms with van der Waals surface area (Å²) in [6, 6.07) is 11.6. The van der Waals surface area contributed by atoms with E-state index < -0.39 is 24.0 Å². The largest absolute Gasteiger partial charge is 0.490 e. The summed E-state index contributed by atoms with van der Waals surface area (Å²) in [6.07, 6.45) is -3.77. The molecule has 1 unspecified atom stereocenters. The van der Waals surface area contributed by atoms with Crippen molar-refractivity contribution in [3.05, 3.63) is 58.1 Å². The van der Waals surface area contributed by atoms with Crippen LogP contribution in [0.25, 0.3) is 0 Å². The third-order valence-electron chi connectivity index (χ3n) is 5.88. The number of anilines is 2. The number of amidine groups is 1. The lowest BCUT2D eigenvalue weighted by Gasteiger charge is -2.22. The molecule has 0 aliphatic carbocycles. The number of nitrogens with one attached hydrogen (secondary N) is 5. The Labute approximate surface area is 242 Å². The summed E-state index contributed by atoms with van der Waals surface area (Å²) in [7, 11) is 0. The number of carboxylic acid groups (broad SMARTS) is 1. The summed E-state index contributed by atoms with van der Waals surface area (Å²) >= 11 is 3.50. The molecule has 8 N–H and O–H groups in total. The summed E-state index contributed by atoms with van der Waals surface area (Å²) in [4.78, 5) is 45.9. The molecular weight excluding hydrogens is 613 g/mol. The molecule has 2 aromatic carbocycles. The zero-order valence-corrected chi connectivity index (χ0v) is 23.5. The number of alkyl halides is 3. The second kappa shape index (κ2) is 15.1. The van der Waals surface area contributed by atoms with Gasteiger partial charge in [-0.25, -0.2) is 4.79 Å². The molecule has 0 aromatic heterocycles. The van der Waals surface area contributed by atoms with Crippen LogP contribution in [0.1, 0.15) is 43.4 Å². The van der Waals surface area contributed by atoms with E-state index in [1.165, 1.54) is 0 Å². The molecule has 1 heterocycles. The highest BCUT2D eigenvalue weighted by Gasteiger charge is 2.38. The maximum absolute atomic E-state index is 12.5. The van der Waals surface area contributed by atoms with Gasteiger partial charge in [-0.05, 0) is 90.7 Å². The maximum Gasteiger partial charge on any atom is 0.490 e. The number of hydrogen-bond acceptors (Lipinski definition) is 6. The molecule has 222 valence electrons. The van der Waals surface area contributed by atoms with Gasteiger partial charge >= 0.3 is 12.1 Å². The molecule has 3 rings (SSSR count). The SMILES string of the molecule is CC(NC(=O)CC(=O)Nc1ccc(C(=N)N)cc1)c1ccc(NC(=O)C2CCNCC2)c(Br)c1.O=C(O)C(F)(F)F. The molecular formula is C26H30BrF3N6O5. The van der Waals surface area contributed by atoms with Crippen molar-refractivity contribution in [2.45, 2.75) is 38.4 Å². The number of nitrogen functional groups attached to an aromatic ring is 1. The van der Waals surface area contributed by atoms with Crippen molar-refractivity contribution in [3.8, 4) is 0 Å². The van der Waals surface area contributed by atoms with Crippen LogP contribution in [0.2, 0.25) is 0 Å². The minimum atomic E-state index is -5.08. The molecule has 1 atom stereocenters. The van der Waals surface area contributed by atoms with Crippen molar-refractivity contribution in [2.75, 3.05) is 23.7 Å². The Morgan fingerprint density at radius 2 is 1.66 bits per heavy atom. The van der Waals surface area contributed by atoms with E-state index in [9.17, 15) is 27.6 Å². The standard InChI is InChI=1S/C24H29BrN6O3.C2HF3O2/c1-14(29-21(32)13-22(33)30-18-5-2-15(3-6-18)23(26)27)17-4-7-20(19(25)12-17)31-24(34)16-8-10-28-11-9-16;3-2(4,5)1(6)7/h2-7,12,14,16,28H,8-11,13H2,1H3,(H3,26,27)(H,29,32)(H,30,33)(H,31,34);(H,6,7). The number of carboxylic acids is 1. The van der Waals surface area contributed by atoms with Crippen LogP contribution in [0.3, 0.4) is 0 Å². The number of hydrogen-bond donors (Lipinski definition) is 7. The Morgan fingerprint density at radius 1 is 1.07 bits per heavy atom. The van der Waals surface area contributed by atoms with Crippen molar-refractivity contribution in [1.29, 1.82) is 5.41 Å². The van der Waals surface area contributed by atoms with Gasteiger partial charge in [-0.15, -0.1) is 0 Å². The Balaban J connectivity index is 0.000000745. The number of nitrogens with two attached hydrogens (primary N) is 1. The zero-order chi connectivity index (χ0) is 30.7. The molecule has 1 saturated heterocycles. The van der Waals surface area contributed by atoms with Gasteiger partial charge in [0.25, 0.3) is 0 Å². The number of aliphatic carboxylic acids is 1. The lowest BCUT2D eigenvalue weighted by atomic mass is 9.97. The monoisotopic (exact) mass is 642 g/mol. The van der Waals surface area contributed by atoms with Gasteiger partial charge in [-0.1, -0.05) is 6.07 Å². The number of carbonyl (C=O) groups excluding carboxylic acids is 3. The van der Waals surface area contributed by atoms with Crippen molar-refractivity contribution in [2.24, 2.45) is 11.7 Å². The Bertz CT molecular complexity index is 1270. The molecule has 15 heteroatoms. The second-order valence-electron chi connectivity index (χ2n) is 9.06. The molecule has 2 aromatic rings. The fraction of sp³-hybridized carbons (Fsp3) is 0.346. The molecule has 1 fully saturated rings. The zero-order valence-electron chi connectivity index (χ0n) is 21.9. The fourth-order valence-corrected chi connectivity index (χ4v) is 4.18. The summed E-state index contributed by atoms with van der Waals surface area (Å²) in [5, 5.41) is 26.2. The highest BCUT2D eigenvalue weighted by molar-refractivity contribution is 9.10. The maximum atomic E-state index is 12.5. The molecule has 1 aliphatic heterocycles. The van der Waals surface area contributed by atoms with Crippen molar-refractivity contribution in [1.82, 2.24) is 10.6 Å². The van der Waals surface area contributed by atoms with Crippen LogP contribution in [0.5, 0.6) is 0 Å². The molecule has 0 saturated carbocycles. The Hall–Kier alpha value is -3.98. The molecule has 11 nitrogen and oxygen atoms in total. The van der Waals surface area contributed by atoms with Gasteiger partial charge in [0.05, 0.1) is 11.7 Å². The quantitative estimate of drug-likeness (QED) is 0.130. The normalized spacial score (nSPS) is 14.1. The summed E-state index contributed by atoms with van der Waals surface area (Å²) in [5.74, 6) is -3.66. The van der Waals surface area contributed by atoms with Crippen LogP contribution in [0, 0.1) is 11.3 Å². The van der Waals surface area contributed by atoms with Gasteiger partial charge in [0.15, 0.2) is 0 Å². The minimum absolute atomic E-state index is 0.00394. The minimum Gasteiger partial charge on any atom is -0.475 e. The van der Waals surface area contributed by atoms with Gasteiger partial charge in [0.2, 0.25) is 17.7 Å². The molecule has 0 radical (unpaired) electrons. The number of piperidine rings is 1. The fourth-order valence-electron chi connectivity index (χ4n) is 3.68. The van der Waals surface area contributed by atoms with Gasteiger partial charge in [-0.2, -0.15) is 13.2 Å². The van der Waals surface area contributed by atoms with Gasteiger partial charge in [0.1, 0.15) is 12.3 Å². The van der Waals surface area contributed by atoms with Crippen LogP contribution < -0.4 is 27.0 Å². The molecule has 41 heavy (non-hydrogen) atoms. The van der Waals surface area contributed by atoms with Gasteiger partial charge in [0, 0.05) is 21.6 Å². The van der Waals surface area contributed by atoms with E-state index in [-0.39, 0.29) is 30.1 Å². The first-order valence-corrected chi connectivity index (χ1v) is 13.1. The lowest BCUT2D eigenvalue weighted by molar-refractivity contribution is -0.192. The molecule has 0 spiro atoms. The van der Waals surface area contributed by atoms with Crippen LogP contribution >= 0.6 is 15.9 Å². The van der Waals surface area contributed by atoms with E-state index in [0.29, 0.717) is 16.9 Å².